The van der Waals surface area contributed by atoms with Crippen molar-refractivity contribution < 1.29 is 4.79 Å². The fourth-order valence-electron chi connectivity index (χ4n) is 2.65. The van der Waals surface area contributed by atoms with Gasteiger partial charge in [0.2, 0.25) is 5.91 Å². The SMILES string of the molecule is O=C(Cc1c[nH]c2ccccc12)Nc1ccc(NC2CC2)cn1. The van der Waals surface area contributed by atoms with Crippen molar-refractivity contribution in [1.82, 2.24) is 9.97 Å². The topological polar surface area (TPSA) is 69.8 Å². The highest BCUT2D eigenvalue weighted by molar-refractivity contribution is 5.95. The van der Waals surface area contributed by atoms with Crippen LogP contribution < -0.4 is 10.6 Å². The Balaban J connectivity index is 1.41. The predicted octanol–water partition coefficient (Wildman–Crippen LogP) is 3.32. The van der Waals surface area contributed by atoms with Crippen LogP contribution in [0.25, 0.3) is 10.9 Å². The molecule has 0 saturated heterocycles. The number of amides is 1. The Bertz CT molecular complexity index is 834. The molecule has 0 bridgehead atoms. The Labute approximate surface area is 134 Å². The van der Waals surface area contributed by atoms with Crippen LogP contribution in [0.15, 0.2) is 48.8 Å². The third-order valence-electron chi connectivity index (χ3n) is 4.01. The summed E-state index contributed by atoms with van der Waals surface area (Å²) in [6.45, 7) is 0. The third kappa shape index (κ3) is 3.18. The maximum Gasteiger partial charge on any atom is 0.230 e. The van der Waals surface area contributed by atoms with E-state index in [0.29, 0.717) is 18.3 Å². The minimum absolute atomic E-state index is 0.0647. The molecule has 0 spiro atoms. The number of aromatic nitrogens is 2. The lowest BCUT2D eigenvalue weighted by Gasteiger charge is -2.07. The molecule has 3 aromatic rings. The lowest BCUT2D eigenvalue weighted by atomic mass is 10.1. The van der Waals surface area contributed by atoms with Crippen molar-refractivity contribution in [3.8, 4) is 0 Å². The van der Waals surface area contributed by atoms with Gasteiger partial charge in [0.1, 0.15) is 5.82 Å². The molecule has 5 heteroatoms. The molecule has 0 aliphatic heterocycles. The molecule has 2 heterocycles. The van der Waals surface area contributed by atoms with Gasteiger partial charge >= 0.3 is 0 Å². The van der Waals surface area contributed by atoms with Gasteiger partial charge in [0, 0.05) is 23.1 Å². The highest BCUT2D eigenvalue weighted by Crippen LogP contribution is 2.24. The first-order valence-corrected chi connectivity index (χ1v) is 7.85. The van der Waals surface area contributed by atoms with E-state index in [1.54, 1.807) is 6.20 Å². The van der Waals surface area contributed by atoms with Gasteiger partial charge in [-0.05, 0) is 36.6 Å². The molecule has 5 nitrogen and oxygen atoms in total. The number of fused-ring (bicyclic) bond motifs is 1. The largest absolute Gasteiger partial charge is 0.381 e. The normalized spacial score (nSPS) is 13.9. The molecule has 3 N–H and O–H groups in total. The van der Waals surface area contributed by atoms with Crippen molar-refractivity contribution in [1.29, 1.82) is 0 Å². The first kappa shape index (κ1) is 13.8. The highest BCUT2D eigenvalue weighted by atomic mass is 16.1. The van der Waals surface area contributed by atoms with Gasteiger partial charge in [0.15, 0.2) is 0 Å². The highest BCUT2D eigenvalue weighted by Gasteiger charge is 2.20. The number of hydrogen-bond donors (Lipinski definition) is 3. The van der Waals surface area contributed by atoms with Crippen LogP contribution in [0.2, 0.25) is 0 Å². The molecule has 1 aliphatic carbocycles. The van der Waals surface area contributed by atoms with Crippen LogP contribution in [0.4, 0.5) is 11.5 Å². The molecule has 23 heavy (non-hydrogen) atoms. The van der Waals surface area contributed by atoms with Crippen molar-refractivity contribution >= 4 is 28.3 Å². The van der Waals surface area contributed by atoms with E-state index in [9.17, 15) is 4.79 Å². The number of hydrogen-bond acceptors (Lipinski definition) is 3. The summed E-state index contributed by atoms with van der Waals surface area (Å²) in [5.41, 5.74) is 3.04. The molecule has 116 valence electrons. The summed E-state index contributed by atoms with van der Waals surface area (Å²) in [4.78, 5) is 19.7. The second-order valence-electron chi connectivity index (χ2n) is 5.94. The van der Waals surface area contributed by atoms with Crippen LogP contribution in [0.1, 0.15) is 18.4 Å². The number of aromatic amines is 1. The van der Waals surface area contributed by atoms with E-state index in [2.05, 4.69) is 20.6 Å². The van der Waals surface area contributed by atoms with Crippen molar-refractivity contribution in [2.45, 2.75) is 25.3 Å². The number of para-hydroxylation sites is 1. The van der Waals surface area contributed by atoms with Crippen LogP contribution >= 0.6 is 0 Å². The van der Waals surface area contributed by atoms with Gasteiger partial charge < -0.3 is 15.6 Å². The molecule has 1 aromatic carbocycles. The minimum Gasteiger partial charge on any atom is -0.381 e. The van der Waals surface area contributed by atoms with E-state index in [1.807, 2.05) is 42.6 Å². The van der Waals surface area contributed by atoms with Gasteiger partial charge in [-0.15, -0.1) is 0 Å². The predicted molar refractivity (Wildman–Crippen MR) is 91.5 cm³/mol. The van der Waals surface area contributed by atoms with Crippen LogP contribution in [-0.2, 0) is 11.2 Å². The summed E-state index contributed by atoms with van der Waals surface area (Å²) >= 11 is 0. The molecule has 4 rings (SSSR count). The molecule has 0 atom stereocenters. The third-order valence-corrected chi connectivity index (χ3v) is 4.01. The van der Waals surface area contributed by atoms with E-state index in [1.165, 1.54) is 12.8 Å². The van der Waals surface area contributed by atoms with Crippen molar-refractivity contribution in [3.63, 3.8) is 0 Å². The lowest BCUT2D eigenvalue weighted by Crippen LogP contribution is -2.15. The number of carbonyl (C=O) groups excluding carboxylic acids is 1. The van der Waals surface area contributed by atoms with Crippen LogP contribution in [-0.4, -0.2) is 21.9 Å². The van der Waals surface area contributed by atoms with Gasteiger partial charge in [-0.1, -0.05) is 18.2 Å². The molecule has 0 unspecified atom stereocenters. The van der Waals surface area contributed by atoms with E-state index >= 15 is 0 Å². The summed E-state index contributed by atoms with van der Waals surface area (Å²) < 4.78 is 0. The zero-order valence-corrected chi connectivity index (χ0v) is 12.7. The summed E-state index contributed by atoms with van der Waals surface area (Å²) in [7, 11) is 0. The van der Waals surface area contributed by atoms with Gasteiger partial charge in [-0.25, -0.2) is 4.98 Å². The number of rotatable bonds is 5. The summed E-state index contributed by atoms with van der Waals surface area (Å²) in [5.74, 6) is 0.515. The van der Waals surface area contributed by atoms with Gasteiger partial charge in [0.05, 0.1) is 18.3 Å². The number of carbonyl (C=O) groups is 1. The van der Waals surface area contributed by atoms with Crippen LogP contribution in [0, 0.1) is 0 Å². The first-order chi connectivity index (χ1) is 11.3. The Hall–Kier alpha value is -2.82. The Morgan fingerprint density at radius 2 is 2.09 bits per heavy atom. The fraction of sp³-hybridized carbons (Fsp3) is 0.222. The van der Waals surface area contributed by atoms with E-state index < -0.39 is 0 Å². The second-order valence-corrected chi connectivity index (χ2v) is 5.94. The standard InChI is InChI=1S/C18H18N4O/c23-18(9-12-10-19-16-4-2-1-3-15(12)16)22-17-8-7-14(11-20-17)21-13-5-6-13/h1-4,7-8,10-11,13,19,21H,5-6,9H2,(H,20,22,23). The smallest absolute Gasteiger partial charge is 0.230 e. The Kier molecular flexibility index (Phi) is 3.46. The first-order valence-electron chi connectivity index (χ1n) is 7.85. The maximum absolute atomic E-state index is 12.2. The van der Waals surface area contributed by atoms with Crippen LogP contribution in [0.5, 0.6) is 0 Å². The van der Waals surface area contributed by atoms with E-state index in [0.717, 1.165) is 22.2 Å². The number of pyridine rings is 1. The zero-order chi connectivity index (χ0) is 15.6. The molecule has 2 aromatic heterocycles. The molecular weight excluding hydrogens is 288 g/mol. The maximum atomic E-state index is 12.2. The molecule has 1 fully saturated rings. The Morgan fingerprint density at radius 1 is 1.22 bits per heavy atom. The molecular formula is C18H18N4O. The average molecular weight is 306 g/mol. The summed E-state index contributed by atoms with van der Waals surface area (Å²) in [5, 5.41) is 7.31. The van der Waals surface area contributed by atoms with Crippen molar-refractivity contribution in [2.24, 2.45) is 0 Å². The average Bonchev–Trinajstić information content (AvgIpc) is 3.29. The molecule has 1 aliphatic rings. The van der Waals surface area contributed by atoms with E-state index in [4.69, 9.17) is 0 Å². The van der Waals surface area contributed by atoms with Crippen molar-refractivity contribution in [3.05, 3.63) is 54.4 Å². The number of benzene rings is 1. The van der Waals surface area contributed by atoms with Gasteiger partial charge in [-0.3, -0.25) is 4.79 Å². The summed E-state index contributed by atoms with van der Waals surface area (Å²) in [6.07, 6.45) is 6.43. The number of nitrogens with zero attached hydrogens (tertiary/aromatic N) is 1. The zero-order valence-electron chi connectivity index (χ0n) is 12.7. The lowest BCUT2D eigenvalue weighted by molar-refractivity contribution is -0.115. The van der Waals surface area contributed by atoms with Crippen LogP contribution in [0.3, 0.4) is 0 Å². The number of anilines is 2. The van der Waals surface area contributed by atoms with E-state index in [-0.39, 0.29) is 5.91 Å². The second kappa shape index (κ2) is 5.76. The molecule has 0 radical (unpaired) electrons. The van der Waals surface area contributed by atoms with Gasteiger partial charge in [-0.2, -0.15) is 0 Å². The van der Waals surface area contributed by atoms with Crippen molar-refractivity contribution in [2.75, 3.05) is 10.6 Å². The number of nitrogens with one attached hydrogen (secondary N) is 3. The molecule has 1 saturated carbocycles. The number of H-pyrrole nitrogens is 1. The fourth-order valence-corrected chi connectivity index (χ4v) is 2.65. The van der Waals surface area contributed by atoms with Gasteiger partial charge in [0.25, 0.3) is 0 Å². The Morgan fingerprint density at radius 3 is 2.87 bits per heavy atom. The summed E-state index contributed by atoms with van der Waals surface area (Å²) in [6, 6.07) is 12.4. The monoisotopic (exact) mass is 306 g/mol. The quantitative estimate of drug-likeness (QED) is 0.677. The minimum atomic E-state index is -0.0647. The molecule has 1 amide bonds.